The minimum Gasteiger partial charge on any atom is -0.508 e. The topological polar surface area (TPSA) is 23.5 Å². The lowest BCUT2D eigenvalue weighted by molar-refractivity contribution is 0.0461. The highest BCUT2D eigenvalue weighted by Gasteiger charge is 2.31. The molecule has 0 spiro atoms. The summed E-state index contributed by atoms with van der Waals surface area (Å²) in [5.41, 5.74) is 1.29. The zero-order chi connectivity index (χ0) is 13.3. The van der Waals surface area contributed by atoms with Gasteiger partial charge < -0.3 is 5.11 Å². The van der Waals surface area contributed by atoms with Gasteiger partial charge >= 0.3 is 0 Å². The lowest BCUT2D eigenvalue weighted by Crippen LogP contribution is -2.46. The second kappa shape index (κ2) is 5.31. The molecule has 0 amide bonds. The third-order valence-corrected chi connectivity index (χ3v) is 4.52. The minimum absolute atomic E-state index is 0.347. The van der Waals surface area contributed by atoms with E-state index in [1.165, 1.54) is 18.5 Å². The molecule has 4 unspecified atom stereocenters. The summed E-state index contributed by atoms with van der Waals surface area (Å²) in [6.07, 6.45) is 1.33. The van der Waals surface area contributed by atoms with E-state index in [0.29, 0.717) is 17.8 Å². The molecule has 1 aliphatic heterocycles. The first-order valence-corrected chi connectivity index (χ1v) is 7.03. The van der Waals surface area contributed by atoms with Crippen LogP contribution >= 0.6 is 0 Å². The van der Waals surface area contributed by atoms with Crippen LogP contribution in [0.4, 0.5) is 0 Å². The molecule has 2 heteroatoms. The Balaban J connectivity index is 2.16. The summed E-state index contributed by atoms with van der Waals surface area (Å²) in [7, 11) is 0. The summed E-state index contributed by atoms with van der Waals surface area (Å²) in [5, 5.41) is 9.37. The molecule has 2 rings (SSSR count). The van der Waals surface area contributed by atoms with E-state index in [9.17, 15) is 5.11 Å². The Labute approximate surface area is 111 Å². The van der Waals surface area contributed by atoms with Crippen LogP contribution in [0, 0.1) is 11.8 Å². The van der Waals surface area contributed by atoms with Gasteiger partial charge in [-0.15, -0.1) is 0 Å². The van der Waals surface area contributed by atoms with Crippen LogP contribution in [0.15, 0.2) is 24.3 Å². The molecular weight excluding hydrogens is 222 g/mol. The number of aromatic hydroxyl groups is 1. The number of piperidine rings is 1. The predicted octanol–water partition coefficient (Wildman–Crippen LogP) is 3.82. The van der Waals surface area contributed by atoms with Gasteiger partial charge in [0.05, 0.1) is 0 Å². The lowest BCUT2D eigenvalue weighted by Gasteiger charge is -2.44. The molecule has 1 aliphatic rings. The molecule has 0 radical (unpaired) electrons. The molecule has 0 bridgehead atoms. The number of likely N-dealkylation sites (tertiary alicyclic amines) is 1. The predicted molar refractivity (Wildman–Crippen MR) is 75.6 cm³/mol. The first kappa shape index (κ1) is 13.4. The van der Waals surface area contributed by atoms with Gasteiger partial charge in [-0.2, -0.15) is 0 Å². The van der Waals surface area contributed by atoms with Gasteiger partial charge in [-0.25, -0.2) is 0 Å². The summed E-state index contributed by atoms with van der Waals surface area (Å²) < 4.78 is 0. The highest BCUT2D eigenvalue weighted by molar-refractivity contribution is 5.28. The summed E-state index contributed by atoms with van der Waals surface area (Å²) >= 11 is 0. The van der Waals surface area contributed by atoms with Gasteiger partial charge in [0, 0.05) is 18.6 Å². The van der Waals surface area contributed by atoms with Crippen LogP contribution in [0.3, 0.4) is 0 Å². The van der Waals surface area contributed by atoms with E-state index in [1.807, 2.05) is 12.1 Å². The molecule has 2 nitrogen and oxygen atoms in total. The van der Waals surface area contributed by atoms with Crippen molar-refractivity contribution >= 4 is 0 Å². The quantitative estimate of drug-likeness (QED) is 0.858. The second-order valence-corrected chi connectivity index (χ2v) is 6.02. The maximum absolute atomic E-state index is 9.37. The number of hydrogen-bond acceptors (Lipinski definition) is 2. The van der Waals surface area contributed by atoms with Crippen LogP contribution in [0.25, 0.3) is 0 Å². The Bertz CT molecular complexity index is 387. The largest absolute Gasteiger partial charge is 0.508 e. The fourth-order valence-corrected chi connectivity index (χ4v) is 3.21. The van der Waals surface area contributed by atoms with Crippen molar-refractivity contribution < 1.29 is 5.11 Å². The Hall–Kier alpha value is -1.02. The van der Waals surface area contributed by atoms with Crippen LogP contribution in [-0.2, 0) is 0 Å². The van der Waals surface area contributed by atoms with E-state index in [4.69, 9.17) is 0 Å². The Morgan fingerprint density at radius 3 is 2.39 bits per heavy atom. The van der Waals surface area contributed by atoms with E-state index >= 15 is 0 Å². The highest BCUT2D eigenvalue weighted by atomic mass is 16.3. The maximum Gasteiger partial charge on any atom is 0.115 e. The zero-order valence-electron chi connectivity index (χ0n) is 11.9. The number of nitrogens with zero attached hydrogens (tertiary/aromatic N) is 1. The monoisotopic (exact) mass is 247 g/mol. The van der Waals surface area contributed by atoms with E-state index < -0.39 is 0 Å². The van der Waals surface area contributed by atoms with Gasteiger partial charge in [0.15, 0.2) is 0 Å². The van der Waals surface area contributed by atoms with Gasteiger partial charge in [0.1, 0.15) is 5.75 Å². The van der Waals surface area contributed by atoms with Gasteiger partial charge in [-0.1, -0.05) is 26.0 Å². The summed E-state index contributed by atoms with van der Waals surface area (Å²) in [6.45, 7) is 10.5. The van der Waals surface area contributed by atoms with Crippen LogP contribution in [-0.4, -0.2) is 22.6 Å². The first-order chi connectivity index (χ1) is 8.49. The summed E-state index contributed by atoms with van der Waals surface area (Å²) in [6, 6.07) is 8.70. The number of benzene rings is 1. The number of hydrogen-bond donors (Lipinski definition) is 1. The van der Waals surface area contributed by atoms with Crippen LogP contribution < -0.4 is 0 Å². The molecule has 4 atom stereocenters. The third-order valence-electron chi connectivity index (χ3n) is 4.52. The molecule has 0 aromatic heterocycles. The SMILES string of the molecule is CC1CC(C)C(C)N(C(C)c2ccc(O)cc2)C1. The van der Waals surface area contributed by atoms with Crippen molar-refractivity contribution in [3.05, 3.63) is 29.8 Å². The van der Waals surface area contributed by atoms with Crippen molar-refractivity contribution in [2.75, 3.05) is 6.54 Å². The molecule has 1 aromatic carbocycles. The standard InChI is InChI=1S/C16H25NO/c1-11-9-12(2)13(3)17(10-11)14(4)15-5-7-16(18)8-6-15/h5-8,11-14,18H,9-10H2,1-4H3. The van der Waals surface area contributed by atoms with Crippen molar-refractivity contribution in [1.82, 2.24) is 4.90 Å². The molecule has 0 aliphatic carbocycles. The van der Waals surface area contributed by atoms with Crippen molar-refractivity contribution in [1.29, 1.82) is 0 Å². The smallest absolute Gasteiger partial charge is 0.115 e. The molecule has 1 N–H and O–H groups in total. The van der Waals surface area contributed by atoms with E-state index in [0.717, 1.165) is 11.8 Å². The average Bonchev–Trinajstić information content (AvgIpc) is 2.34. The van der Waals surface area contributed by atoms with Crippen LogP contribution in [0.1, 0.15) is 45.7 Å². The number of phenolic OH excluding ortho intramolecular Hbond substituents is 1. The van der Waals surface area contributed by atoms with E-state index in [1.54, 1.807) is 12.1 Å². The Morgan fingerprint density at radius 2 is 1.78 bits per heavy atom. The van der Waals surface area contributed by atoms with Crippen molar-refractivity contribution in [3.63, 3.8) is 0 Å². The van der Waals surface area contributed by atoms with Crippen molar-refractivity contribution in [2.24, 2.45) is 11.8 Å². The molecule has 1 heterocycles. The minimum atomic E-state index is 0.347. The zero-order valence-corrected chi connectivity index (χ0v) is 11.9. The normalized spacial score (nSPS) is 31.2. The molecule has 18 heavy (non-hydrogen) atoms. The molecule has 1 saturated heterocycles. The Kier molecular flexibility index (Phi) is 3.96. The third kappa shape index (κ3) is 2.69. The Morgan fingerprint density at radius 1 is 1.17 bits per heavy atom. The molecule has 1 fully saturated rings. The number of phenols is 1. The van der Waals surface area contributed by atoms with Gasteiger partial charge in [0.25, 0.3) is 0 Å². The second-order valence-electron chi connectivity index (χ2n) is 6.02. The average molecular weight is 247 g/mol. The molecule has 1 aromatic rings. The van der Waals surface area contributed by atoms with Crippen molar-refractivity contribution in [3.8, 4) is 5.75 Å². The van der Waals surface area contributed by atoms with Gasteiger partial charge in [-0.05, 0) is 49.8 Å². The fourth-order valence-electron chi connectivity index (χ4n) is 3.21. The van der Waals surface area contributed by atoms with Gasteiger partial charge in [0.2, 0.25) is 0 Å². The van der Waals surface area contributed by atoms with E-state index in [-0.39, 0.29) is 0 Å². The number of rotatable bonds is 2. The summed E-state index contributed by atoms with van der Waals surface area (Å²) in [4.78, 5) is 2.60. The lowest BCUT2D eigenvalue weighted by atomic mass is 9.84. The van der Waals surface area contributed by atoms with Gasteiger partial charge in [-0.3, -0.25) is 4.90 Å². The maximum atomic E-state index is 9.37. The summed E-state index contributed by atoms with van der Waals surface area (Å²) in [5.74, 6) is 1.88. The highest BCUT2D eigenvalue weighted by Crippen LogP contribution is 2.33. The van der Waals surface area contributed by atoms with E-state index in [2.05, 4.69) is 32.6 Å². The molecular formula is C16H25NO. The van der Waals surface area contributed by atoms with Crippen LogP contribution in [0.5, 0.6) is 5.75 Å². The van der Waals surface area contributed by atoms with Crippen LogP contribution in [0.2, 0.25) is 0 Å². The first-order valence-electron chi connectivity index (χ1n) is 7.03. The fraction of sp³-hybridized carbons (Fsp3) is 0.625. The van der Waals surface area contributed by atoms with Crippen molar-refractivity contribution in [2.45, 2.75) is 46.2 Å². The molecule has 100 valence electrons. The molecule has 0 saturated carbocycles.